The smallest absolute Gasteiger partial charge is 0.274 e. The number of rotatable bonds is 6. The van der Waals surface area contributed by atoms with Gasteiger partial charge in [-0.1, -0.05) is 25.5 Å². The SMILES string of the molecule is CCC/C(=N/NC(=O)c1ccoc1C)c1cccc([N+](=O)[O-])c1. The van der Waals surface area contributed by atoms with Crippen LogP contribution in [0.3, 0.4) is 0 Å². The lowest BCUT2D eigenvalue weighted by Crippen LogP contribution is -2.20. The number of carbonyl (C=O) groups excluding carboxylic acids is 1. The molecule has 0 radical (unpaired) electrons. The van der Waals surface area contributed by atoms with E-state index in [4.69, 9.17) is 4.42 Å². The Morgan fingerprint density at radius 1 is 1.39 bits per heavy atom. The van der Waals surface area contributed by atoms with Crippen LogP contribution in [0.1, 0.15) is 41.4 Å². The maximum Gasteiger partial charge on any atom is 0.274 e. The molecule has 7 nitrogen and oxygen atoms in total. The van der Waals surface area contributed by atoms with Crippen LogP contribution in [0.4, 0.5) is 5.69 Å². The zero-order chi connectivity index (χ0) is 16.8. The molecule has 2 rings (SSSR count). The van der Waals surface area contributed by atoms with Crippen molar-refractivity contribution in [3.63, 3.8) is 0 Å². The molecule has 0 saturated carbocycles. The van der Waals surface area contributed by atoms with E-state index < -0.39 is 4.92 Å². The summed E-state index contributed by atoms with van der Waals surface area (Å²) in [5, 5.41) is 15.0. The number of nitro benzene ring substituents is 1. The van der Waals surface area contributed by atoms with Crippen molar-refractivity contribution in [3.05, 3.63) is 63.6 Å². The summed E-state index contributed by atoms with van der Waals surface area (Å²) in [5.74, 6) is 0.125. The van der Waals surface area contributed by atoms with Crippen LogP contribution in [0.25, 0.3) is 0 Å². The van der Waals surface area contributed by atoms with Crippen LogP contribution in [0.15, 0.2) is 46.1 Å². The molecule has 1 heterocycles. The Bertz CT molecular complexity index is 749. The number of nitro groups is 1. The average Bonchev–Trinajstić information content (AvgIpc) is 2.97. The lowest BCUT2D eigenvalue weighted by molar-refractivity contribution is -0.384. The van der Waals surface area contributed by atoms with Crippen LogP contribution >= 0.6 is 0 Å². The largest absolute Gasteiger partial charge is 0.469 e. The van der Waals surface area contributed by atoms with Crippen LogP contribution in [0, 0.1) is 17.0 Å². The number of hydrazone groups is 1. The third kappa shape index (κ3) is 4.03. The summed E-state index contributed by atoms with van der Waals surface area (Å²) in [6, 6.07) is 7.76. The second-order valence-electron chi connectivity index (χ2n) is 4.95. The summed E-state index contributed by atoms with van der Waals surface area (Å²) >= 11 is 0. The summed E-state index contributed by atoms with van der Waals surface area (Å²) in [7, 11) is 0. The summed E-state index contributed by atoms with van der Waals surface area (Å²) in [6.45, 7) is 3.65. The lowest BCUT2D eigenvalue weighted by Gasteiger charge is -2.06. The van der Waals surface area contributed by atoms with E-state index in [0.29, 0.717) is 29.0 Å². The van der Waals surface area contributed by atoms with Gasteiger partial charge in [0.15, 0.2) is 0 Å². The van der Waals surface area contributed by atoms with Gasteiger partial charge in [-0.15, -0.1) is 0 Å². The molecular weight excluding hydrogens is 298 g/mol. The van der Waals surface area contributed by atoms with Crippen molar-refractivity contribution in [3.8, 4) is 0 Å². The highest BCUT2D eigenvalue weighted by Gasteiger charge is 2.13. The van der Waals surface area contributed by atoms with E-state index in [1.54, 1.807) is 25.1 Å². The zero-order valence-electron chi connectivity index (χ0n) is 12.9. The fourth-order valence-corrected chi connectivity index (χ4v) is 2.10. The fraction of sp³-hybridized carbons (Fsp3) is 0.250. The molecule has 0 atom stereocenters. The van der Waals surface area contributed by atoms with E-state index in [1.807, 2.05) is 6.92 Å². The van der Waals surface area contributed by atoms with E-state index in [-0.39, 0.29) is 11.6 Å². The van der Waals surface area contributed by atoms with E-state index in [0.717, 1.165) is 6.42 Å². The fourth-order valence-electron chi connectivity index (χ4n) is 2.10. The first-order chi connectivity index (χ1) is 11.0. The molecular formula is C16H17N3O4. The second kappa shape index (κ2) is 7.35. The predicted molar refractivity (Wildman–Crippen MR) is 85.5 cm³/mol. The molecule has 7 heteroatoms. The van der Waals surface area contributed by atoms with Gasteiger partial charge >= 0.3 is 0 Å². The predicted octanol–water partition coefficient (Wildman–Crippen LogP) is 3.43. The Hall–Kier alpha value is -2.96. The summed E-state index contributed by atoms with van der Waals surface area (Å²) in [4.78, 5) is 22.5. The van der Waals surface area contributed by atoms with Crippen molar-refractivity contribution in [1.82, 2.24) is 5.43 Å². The number of nitrogens with zero attached hydrogens (tertiary/aromatic N) is 2. The van der Waals surface area contributed by atoms with Gasteiger partial charge in [-0.3, -0.25) is 14.9 Å². The molecule has 0 saturated heterocycles. The van der Waals surface area contributed by atoms with Crippen molar-refractivity contribution in [2.45, 2.75) is 26.7 Å². The minimum Gasteiger partial charge on any atom is -0.469 e. The van der Waals surface area contributed by atoms with Gasteiger partial charge in [0.05, 0.1) is 22.5 Å². The third-order valence-electron chi connectivity index (χ3n) is 3.27. The van der Waals surface area contributed by atoms with Crippen molar-refractivity contribution < 1.29 is 14.1 Å². The van der Waals surface area contributed by atoms with Crippen LogP contribution in [-0.4, -0.2) is 16.5 Å². The Kier molecular flexibility index (Phi) is 5.24. The molecule has 23 heavy (non-hydrogen) atoms. The molecule has 0 unspecified atom stereocenters. The van der Waals surface area contributed by atoms with Gasteiger partial charge < -0.3 is 4.42 Å². The first-order valence-corrected chi connectivity index (χ1v) is 7.18. The Labute approximate surface area is 133 Å². The van der Waals surface area contributed by atoms with E-state index in [1.165, 1.54) is 18.4 Å². The normalized spacial score (nSPS) is 11.3. The van der Waals surface area contributed by atoms with Gasteiger partial charge in [0.25, 0.3) is 11.6 Å². The van der Waals surface area contributed by atoms with E-state index in [9.17, 15) is 14.9 Å². The van der Waals surface area contributed by atoms with Crippen LogP contribution in [0.2, 0.25) is 0 Å². The monoisotopic (exact) mass is 315 g/mol. The number of amides is 1. The van der Waals surface area contributed by atoms with Gasteiger partial charge in [-0.25, -0.2) is 5.43 Å². The molecule has 0 aliphatic rings. The van der Waals surface area contributed by atoms with Crippen LogP contribution in [0.5, 0.6) is 0 Å². The summed E-state index contributed by atoms with van der Waals surface area (Å²) < 4.78 is 5.08. The quantitative estimate of drug-likeness (QED) is 0.501. The van der Waals surface area contributed by atoms with Crippen LogP contribution < -0.4 is 5.43 Å². The van der Waals surface area contributed by atoms with Gasteiger partial charge in [0.1, 0.15) is 5.76 Å². The zero-order valence-corrected chi connectivity index (χ0v) is 12.9. The molecule has 2 aromatic rings. The number of hydrogen-bond donors (Lipinski definition) is 1. The number of benzene rings is 1. The van der Waals surface area contributed by atoms with E-state index in [2.05, 4.69) is 10.5 Å². The molecule has 0 fully saturated rings. The standard InChI is InChI=1S/C16H17N3O4/c1-3-5-15(12-6-4-7-13(10-12)19(21)22)17-18-16(20)14-8-9-23-11(14)2/h4,6-10H,3,5H2,1-2H3,(H,18,20)/b17-15-. The van der Waals surface area contributed by atoms with Gasteiger partial charge in [-0.05, 0) is 19.4 Å². The first-order valence-electron chi connectivity index (χ1n) is 7.18. The van der Waals surface area contributed by atoms with Gasteiger partial charge in [-0.2, -0.15) is 5.10 Å². The number of aryl methyl sites for hydroxylation is 1. The Morgan fingerprint density at radius 3 is 2.78 bits per heavy atom. The minimum absolute atomic E-state index is 0.0108. The lowest BCUT2D eigenvalue weighted by atomic mass is 10.1. The summed E-state index contributed by atoms with van der Waals surface area (Å²) in [6.07, 6.45) is 2.81. The number of nitrogens with one attached hydrogen (secondary N) is 1. The highest BCUT2D eigenvalue weighted by Crippen LogP contribution is 2.16. The summed E-state index contributed by atoms with van der Waals surface area (Å²) in [5.41, 5.74) is 4.08. The molecule has 120 valence electrons. The highest BCUT2D eigenvalue weighted by atomic mass is 16.6. The van der Waals surface area contributed by atoms with Crippen LogP contribution in [-0.2, 0) is 0 Å². The molecule has 1 N–H and O–H groups in total. The first kappa shape index (κ1) is 16.4. The number of non-ortho nitro benzene ring substituents is 1. The molecule has 1 aromatic heterocycles. The van der Waals surface area contributed by atoms with Crippen molar-refractivity contribution in [1.29, 1.82) is 0 Å². The maximum absolute atomic E-state index is 12.1. The third-order valence-corrected chi connectivity index (χ3v) is 3.27. The van der Waals surface area contributed by atoms with Crippen molar-refractivity contribution >= 4 is 17.3 Å². The average molecular weight is 315 g/mol. The molecule has 0 aliphatic heterocycles. The molecule has 1 amide bonds. The van der Waals surface area contributed by atoms with Crippen molar-refractivity contribution in [2.24, 2.45) is 5.10 Å². The van der Waals surface area contributed by atoms with Gasteiger partial charge in [0.2, 0.25) is 0 Å². The van der Waals surface area contributed by atoms with E-state index >= 15 is 0 Å². The van der Waals surface area contributed by atoms with Gasteiger partial charge in [0, 0.05) is 17.7 Å². The van der Waals surface area contributed by atoms with Crippen molar-refractivity contribution in [2.75, 3.05) is 0 Å². The Balaban J connectivity index is 2.24. The minimum atomic E-state index is -0.458. The number of furan rings is 1. The highest BCUT2D eigenvalue weighted by molar-refractivity contribution is 6.02. The molecule has 1 aromatic carbocycles. The topological polar surface area (TPSA) is 97.7 Å². The molecule has 0 aliphatic carbocycles. The Morgan fingerprint density at radius 2 is 2.17 bits per heavy atom. The number of carbonyl (C=O) groups is 1. The second-order valence-corrected chi connectivity index (χ2v) is 4.95. The molecule has 0 bridgehead atoms. The number of hydrogen-bond acceptors (Lipinski definition) is 5. The molecule has 0 spiro atoms. The maximum atomic E-state index is 12.1.